The van der Waals surface area contributed by atoms with Gasteiger partial charge < -0.3 is 5.32 Å². The topological polar surface area (TPSA) is 81.7 Å². The number of carbonyl (C=O) groups excluding carboxylic acids is 2. The molecule has 0 radical (unpaired) electrons. The van der Waals surface area contributed by atoms with Crippen molar-refractivity contribution in [2.75, 3.05) is 13.1 Å². The number of carbonyl (C=O) groups is 2. The highest BCUT2D eigenvalue weighted by Crippen LogP contribution is 2.13. The van der Waals surface area contributed by atoms with Crippen LogP contribution in [-0.4, -0.2) is 47.0 Å². The molecule has 1 aliphatic heterocycles. The molecule has 1 heterocycles. The van der Waals surface area contributed by atoms with Gasteiger partial charge in [-0.25, -0.2) is 5.48 Å². The number of benzene rings is 2. The van der Waals surface area contributed by atoms with Gasteiger partial charge >= 0.3 is 0 Å². The van der Waals surface area contributed by atoms with E-state index in [2.05, 4.69) is 24.1 Å². The summed E-state index contributed by atoms with van der Waals surface area (Å²) in [5.74, 6) is -0.655. The minimum Gasteiger partial charge on any atom is -0.309 e. The number of ketones is 1. The Morgan fingerprint density at radius 3 is 2.26 bits per heavy atom. The monoisotopic (exact) mass is 419 g/mol. The van der Waals surface area contributed by atoms with Crippen LogP contribution in [0.1, 0.15) is 40.9 Å². The number of amides is 1. The first-order chi connectivity index (χ1) is 14.9. The van der Waals surface area contributed by atoms with Gasteiger partial charge in [-0.1, -0.05) is 48.5 Å². The van der Waals surface area contributed by atoms with Gasteiger partial charge in [0.05, 0.1) is 0 Å². The summed E-state index contributed by atoms with van der Waals surface area (Å²) in [6.45, 7) is 7.33. The standard InChI is InChI=1S/C25H29N3O3/c1-18-15-28(16-19(2)26-18)17-22-6-10-23(11-7-22)24(29)12-8-20-4-3-5-21(14-20)9-13-25(30)27-31/h3-14,18-19,26,31H,15-17H2,1-2H3,(H,27,30)/t18-,19+. The predicted octanol–water partition coefficient (Wildman–Crippen LogP) is 3.28. The third-order valence-electron chi connectivity index (χ3n) is 5.15. The highest BCUT2D eigenvalue weighted by Gasteiger charge is 2.20. The third-order valence-corrected chi connectivity index (χ3v) is 5.15. The summed E-state index contributed by atoms with van der Waals surface area (Å²) in [7, 11) is 0. The summed E-state index contributed by atoms with van der Waals surface area (Å²) < 4.78 is 0. The van der Waals surface area contributed by atoms with Crippen molar-refractivity contribution in [3.63, 3.8) is 0 Å². The molecule has 1 aliphatic rings. The highest BCUT2D eigenvalue weighted by molar-refractivity contribution is 6.06. The molecule has 2 aromatic carbocycles. The van der Waals surface area contributed by atoms with E-state index in [0.29, 0.717) is 17.6 Å². The summed E-state index contributed by atoms with van der Waals surface area (Å²) in [5, 5.41) is 12.1. The maximum absolute atomic E-state index is 12.5. The summed E-state index contributed by atoms with van der Waals surface area (Å²) in [4.78, 5) is 26.1. The summed E-state index contributed by atoms with van der Waals surface area (Å²) in [5.41, 5.74) is 5.04. The molecule has 1 amide bonds. The fourth-order valence-corrected chi connectivity index (χ4v) is 3.85. The Kier molecular flexibility index (Phi) is 7.89. The zero-order chi connectivity index (χ0) is 22.2. The van der Waals surface area contributed by atoms with Crippen LogP contribution < -0.4 is 10.8 Å². The molecule has 2 aromatic rings. The number of nitrogens with zero attached hydrogens (tertiary/aromatic N) is 1. The average molecular weight is 420 g/mol. The number of piperazine rings is 1. The molecule has 1 saturated heterocycles. The summed E-state index contributed by atoms with van der Waals surface area (Å²) >= 11 is 0. The normalized spacial score (nSPS) is 19.7. The molecule has 6 nitrogen and oxygen atoms in total. The van der Waals surface area contributed by atoms with E-state index >= 15 is 0 Å². The van der Waals surface area contributed by atoms with Crippen molar-refractivity contribution in [3.8, 4) is 0 Å². The zero-order valence-electron chi connectivity index (χ0n) is 17.9. The number of rotatable bonds is 7. The van der Waals surface area contributed by atoms with Gasteiger partial charge in [-0.15, -0.1) is 0 Å². The van der Waals surface area contributed by atoms with Crippen molar-refractivity contribution in [2.45, 2.75) is 32.5 Å². The Morgan fingerprint density at radius 2 is 1.65 bits per heavy atom. The van der Waals surface area contributed by atoms with Crippen LogP contribution in [0.2, 0.25) is 0 Å². The number of hydrogen-bond donors (Lipinski definition) is 3. The predicted molar refractivity (Wildman–Crippen MR) is 123 cm³/mol. The van der Waals surface area contributed by atoms with Gasteiger partial charge in [0, 0.05) is 43.4 Å². The molecule has 6 heteroatoms. The number of hydrogen-bond acceptors (Lipinski definition) is 5. The summed E-state index contributed by atoms with van der Waals surface area (Å²) in [6, 6.07) is 16.2. The van der Waals surface area contributed by atoms with Gasteiger partial charge in [0.25, 0.3) is 5.91 Å². The van der Waals surface area contributed by atoms with Crippen molar-refractivity contribution >= 4 is 23.8 Å². The molecule has 162 valence electrons. The Balaban J connectivity index is 1.60. The van der Waals surface area contributed by atoms with Gasteiger partial charge in [-0.3, -0.25) is 19.7 Å². The van der Waals surface area contributed by atoms with E-state index in [1.165, 1.54) is 11.6 Å². The molecule has 0 bridgehead atoms. The first kappa shape index (κ1) is 22.6. The van der Waals surface area contributed by atoms with Crippen LogP contribution in [0.4, 0.5) is 0 Å². The van der Waals surface area contributed by atoms with Gasteiger partial charge in [0.1, 0.15) is 0 Å². The number of nitrogens with one attached hydrogen (secondary N) is 2. The molecule has 0 spiro atoms. The maximum Gasteiger partial charge on any atom is 0.267 e. The van der Waals surface area contributed by atoms with E-state index in [-0.39, 0.29) is 5.78 Å². The molecular weight excluding hydrogens is 390 g/mol. The van der Waals surface area contributed by atoms with E-state index < -0.39 is 5.91 Å². The Labute approximate surface area is 183 Å². The lowest BCUT2D eigenvalue weighted by atomic mass is 10.0. The molecule has 3 rings (SSSR count). The minimum absolute atomic E-state index is 0.0587. The molecular formula is C25H29N3O3. The van der Waals surface area contributed by atoms with E-state index in [0.717, 1.165) is 30.8 Å². The van der Waals surface area contributed by atoms with Crippen LogP contribution in [0, 0.1) is 0 Å². The van der Waals surface area contributed by atoms with Crippen LogP contribution >= 0.6 is 0 Å². The second-order valence-corrected chi connectivity index (χ2v) is 8.04. The van der Waals surface area contributed by atoms with Gasteiger partial charge in [0.15, 0.2) is 5.78 Å². The summed E-state index contributed by atoms with van der Waals surface area (Å²) in [6.07, 6.45) is 6.13. The molecule has 0 aliphatic carbocycles. The zero-order valence-corrected chi connectivity index (χ0v) is 17.9. The quantitative estimate of drug-likeness (QED) is 0.278. The maximum atomic E-state index is 12.5. The lowest BCUT2D eigenvalue weighted by Gasteiger charge is -2.36. The highest BCUT2D eigenvalue weighted by atomic mass is 16.5. The molecule has 0 aromatic heterocycles. The van der Waals surface area contributed by atoms with Crippen molar-refractivity contribution in [1.29, 1.82) is 0 Å². The molecule has 0 saturated carbocycles. The van der Waals surface area contributed by atoms with Crippen LogP contribution in [0.25, 0.3) is 12.2 Å². The molecule has 3 N–H and O–H groups in total. The SMILES string of the molecule is C[C@@H]1CN(Cc2ccc(C(=O)C=Cc3cccc(C=CC(=O)NO)c3)cc2)C[C@H](C)N1. The van der Waals surface area contributed by atoms with E-state index in [4.69, 9.17) is 5.21 Å². The Hall–Kier alpha value is -3.06. The van der Waals surface area contributed by atoms with Gasteiger partial charge in [0.2, 0.25) is 0 Å². The fourth-order valence-electron chi connectivity index (χ4n) is 3.85. The van der Waals surface area contributed by atoms with Crippen LogP contribution in [-0.2, 0) is 11.3 Å². The van der Waals surface area contributed by atoms with Crippen molar-refractivity contribution in [3.05, 3.63) is 82.9 Å². The Bertz CT molecular complexity index is 956. The molecule has 0 unspecified atom stereocenters. The second kappa shape index (κ2) is 10.8. The lowest BCUT2D eigenvalue weighted by molar-refractivity contribution is -0.124. The minimum atomic E-state index is -0.597. The van der Waals surface area contributed by atoms with Crippen molar-refractivity contribution in [1.82, 2.24) is 15.7 Å². The van der Waals surface area contributed by atoms with E-state index in [1.54, 1.807) is 23.7 Å². The smallest absolute Gasteiger partial charge is 0.267 e. The van der Waals surface area contributed by atoms with E-state index in [1.807, 2.05) is 48.5 Å². The number of allylic oxidation sites excluding steroid dienone is 1. The molecule has 1 fully saturated rings. The van der Waals surface area contributed by atoms with Gasteiger partial charge in [-0.05, 0) is 48.8 Å². The average Bonchev–Trinajstić information content (AvgIpc) is 2.76. The number of hydroxylamine groups is 1. The third kappa shape index (κ3) is 7.00. The van der Waals surface area contributed by atoms with Crippen LogP contribution in [0.5, 0.6) is 0 Å². The Morgan fingerprint density at radius 1 is 1.03 bits per heavy atom. The van der Waals surface area contributed by atoms with Crippen LogP contribution in [0.3, 0.4) is 0 Å². The first-order valence-corrected chi connectivity index (χ1v) is 10.4. The van der Waals surface area contributed by atoms with Crippen molar-refractivity contribution in [2.24, 2.45) is 0 Å². The second-order valence-electron chi connectivity index (χ2n) is 8.04. The van der Waals surface area contributed by atoms with Crippen molar-refractivity contribution < 1.29 is 14.8 Å². The largest absolute Gasteiger partial charge is 0.309 e. The fraction of sp³-hybridized carbons (Fsp3) is 0.280. The molecule has 2 atom stereocenters. The first-order valence-electron chi connectivity index (χ1n) is 10.4. The molecule has 31 heavy (non-hydrogen) atoms. The van der Waals surface area contributed by atoms with Crippen LogP contribution in [0.15, 0.2) is 60.7 Å². The lowest BCUT2D eigenvalue weighted by Crippen LogP contribution is -2.53. The van der Waals surface area contributed by atoms with Gasteiger partial charge in [-0.2, -0.15) is 0 Å². The van der Waals surface area contributed by atoms with E-state index in [9.17, 15) is 9.59 Å².